The Labute approximate surface area is 373 Å². The molecule has 2 amide bonds. The fourth-order valence-corrected chi connectivity index (χ4v) is 9.45. The van der Waals surface area contributed by atoms with Gasteiger partial charge in [-0.25, -0.2) is 34.8 Å². The Balaban J connectivity index is 0.000000231. The van der Waals surface area contributed by atoms with Gasteiger partial charge in [-0.05, 0) is 91.8 Å². The zero-order valence-corrected chi connectivity index (χ0v) is 40.2. The first-order chi connectivity index (χ1) is 28.8. The first kappa shape index (κ1) is 52.5. The number of piperazine rings is 3. The third kappa shape index (κ3) is 17.7. The quantitative estimate of drug-likeness (QED) is 0.316. The van der Waals surface area contributed by atoms with E-state index in [1.165, 1.54) is 20.7 Å². The van der Waals surface area contributed by atoms with Gasteiger partial charge in [0.2, 0.25) is 20.0 Å². The van der Waals surface area contributed by atoms with Crippen LogP contribution in [0.5, 0.6) is 0 Å². The molecule has 62 heavy (non-hydrogen) atoms. The van der Waals surface area contributed by atoms with Gasteiger partial charge in [0.15, 0.2) is 0 Å². The molecule has 3 aromatic carbocycles. The van der Waals surface area contributed by atoms with Crippen molar-refractivity contribution in [1.82, 2.24) is 29.0 Å². The normalized spacial score (nSPS) is 16.9. The maximum atomic E-state index is 12.6. The number of amides is 2. The predicted octanol–water partition coefficient (Wildman–Crippen LogP) is 5.27. The van der Waals surface area contributed by atoms with Crippen LogP contribution in [-0.4, -0.2) is 146 Å². The molecule has 3 aromatic rings. The summed E-state index contributed by atoms with van der Waals surface area (Å²) in [5.41, 5.74) is 1.14. The minimum atomic E-state index is -3.53. The molecule has 0 unspecified atom stereocenters. The molecule has 0 aromatic heterocycles. The molecular weight excluding hydrogens is 880 g/mol. The molecule has 3 aliphatic heterocycles. The zero-order valence-electron chi connectivity index (χ0n) is 37.0. The van der Waals surface area contributed by atoms with E-state index >= 15 is 0 Å². The van der Waals surface area contributed by atoms with Crippen molar-refractivity contribution >= 4 is 52.0 Å². The SMILES string of the molecule is CC(C)(C)OC(=O)N1CCNCC1.Cc1ccc(S(=O)(=O)N2CCN(C(=O)OC(C)(C)C)CC2)cc1.Cc1ccc(S(=O)(=O)N2CCNCC2)cc1.O=S(=O)(Cl)c1ccccc1. The van der Waals surface area contributed by atoms with Gasteiger partial charge < -0.3 is 29.9 Å². The van der Waals surface area contributed by atoms with Gasteiger partial charge in [0.1, 0.15) is 11.2 Å². The van der Waals surface area contributed by atoms with E-state index in [9.17, 15) is 34.8 Å². The molecule has 0 spiro atoms. The van der Waals surface area contributed by atoms with Crippen molar-refractivity contribution in [1.29, 1.82) is 0 Å². The molecule has 3 fully saturated rings. The van der Waals surface area contributed by atoms with Gasteiger partial charge in [0.25, 0.3) is 9.05 Å². The van der Waals surface area contributed by atoms with E-state index in [0.717, 1.165) is 50.4 Å². The van der Waals surface area contributed by atoms with Crippen LogP contribution in [0.15, 0.2) is 93.5 Å². The summed E-state index contributed by atoms with van der Waals surface area (Å²) in [6, 6.07) is 21.7. The van der Waals surface area contributed by atoms with E-state index in [0.29, 0.717) is 31.1 Å². The molecule has 2 N–H and O–H groups in total. The van der Waals surface area contributed by atoms with Crippen LogP contribution in [0.2, 0.25) is 0 Å². The number of ether oxygens (including phenoxy) is 2. The van der Waals surface area contributed by atoms with Crippen molar-refractivity contribution in [2.45, 2.75) is 81.3 Å². The molecular formula is C42H63ClN6O10S3. The highest BCUT2D eigenvalue weighted by Crippen LogP contribution is 2.20. The summed E-state index contributed by atoms with van der Waals surface area (Å²) >= 11 is 0. The van der Waals surface area contributed by atoms with Gasteiger partial charge in [-0.3, -0.25) is 0 Å². The van der Waals surface area contributed by atoms with Gasteiger partial charge in [0.05, 0.1) is 14.7 Å². The Kier molecular flexibility index (Phi) is 19.7. The van der Waals surface area contributed by atoms with Crippen molar-refractivity contribution in [2.75, 3.05) is 78.5 Å². The van der Waals surface area contributed by atoms with Gasteiger partial charge in [-0.1, -0.05) is 53.6 Å². The zero-order chi connectivity index (χ0) is 46.4. The van der Waals surface area contributed by atoms with Crippen LogP contribution in [0.3, 0.4) is 0 Å². The van der Waals surface area contributed by atoms with Crippen LogP contribution in [0.25, 0.3) is 0 Å². The number of nitrogens with zero attached hydrogens (tertiary/aromatic N) is 4. The first-order valence-corrected chi connectivity index (χ1v) is 25.5. The molecule has 3 aliphatic rings. The molecule has 0 atom stereocenters. The summed E-state index contributed by atoms with van der Waals surface area (Å²) in [4.78, 5) is 27.6. The third-order valence-electron chi connectivity index (χ3n) is 9.08. The lowest BCUT2D eigenvalue weighted by atomic mass is 10.2. The summed E-state index contributed by atoms with van der Waals surface area (Å²) in [6.45, 7) is 21.9. The van der Waals surface area contributed by atoms with Gasteiger partial charge in [-0.2, -0.15) is 8.61 Å². The molecule has 3 saturated heterocycles. The second kappa shape index (κ2) is 23.2. The second-order valence-electron chi connectivity index (χ2n) is 16.6. The van der Waals surface area contributed by atoms with Crippen LogP contribution >= 0.6 is 10.7 Å². The fourth-order valence-electron chi connectivity index (χ4n) is 5.80. The Bertz CT molecular complexity index is 2200. The van der Waals surface area contributed by atoms with Crippen molar-refractivity contribution in [3.8, 4) is 0 Å². The van der Waals surface area contributed by atoms with Crippen molar-refractivity contribution in [2.24, 2.45) is 0 Å². The lowest BCUT2D eigenvalue weighted by Gasteiger charge is -2.34. The largest absolute Gasteiger partial charge is 0.444 e. The van der Waals surface area contributed by atoms with Crippen LogP contribution in [-0.2, 0) is 38.6 Å². The smallest absolute Gasteiger partial charge is 0.410 e. The average molecular weight is 944 g/mol. The molecule has 346 valence electrons. The number of hydrogen-bond acceptors (Lipinski definition) is 12. The van der Waals surface area contributed by atoms with E-state index in [1.54, 1.807) is 64.4 Å². The summed E-state index contributed by atoms with van der Waals surface area (Å²) in [5.74, 6) is 0. The summed E-state index contributed by atoms with van der Waals surface area (Å²) in [5, 5.41) is 6.32. The minimum absolute atomic E-state index is 0.136. The monoisotopic (exact) mass is 942 g/mol. The third-order valence-corrected chi connectivity index (χ3v) is 14.3. The van der Waals surface area contributed by atoms with E-state index in [1.807, 2.05) is 67.5 Å². The van der Waals surface area contributed by atoms with Crippen LogP contribution in [0.1, 0.15) is 52.7 Å². The van der Waals surface area contributed by atoms with E-state index in [-0.39, 0.29) is 34.6 Å². The number of rotatable bonds is 5. The maximum Gasteiger partial charge on any atom is 0.410 e. The van der Waals surface area contributed by atoms with E-state index in [2.05, 4.69) is 10.6 Å². The topological polar surface area (TPSA) is 192 Å². The van der Waals surface area contributed by atoms with Crippen molar-refractivity contribution < 1.29 is 44.3 Å². The standard InChI is InChI=1S/C16H24N2O4S.C11H16N2O2S.C9H18N2O2.C6H5ClO2S/c1-13-5-7-14(8-6-13)23(20,21)18-11-9-17(10-12-18)15(19)22-16(2,3)4;1-10-2-4-11(5-3-10)16(14,15)13-8-6-12-7-9-13;1-9(2,3)13-8(12)11-6-4-10-5-7-11;7-10(8,9)6-4-2-1-3-5-6/h5-8H,9-12H2,1-4H3;2-5,12H,6-9H2,1H3;10H,4-7H2,1-3H3;1-5H. The number of sulfonamides is 2. The van der Waals surface area contributed by atoms with Gasteiger partial charge in [0, 0.05) is 89.2 Å². The molecule has 3 heterocycles. The molecule has 20 heteroatoms. The summed E-state index contributed by atoms with van der Waals surface area (Å²) in [7, 11) is -5.29. The highest BCUT2D eigenvalue weighted by Gasteiger charge is 2.32. The number of benzene rings is 3. The van der Waals surface area contributed by atoms with E-state index in [4.69, 9.17) is 20.2 Å². The van der Waals surface area contributed by atoms with Crippen molar-refractivity contribution in [3.63, 3.8) is 0 Å². The van der Waals surface area contributed by atoms with E-state index < -0.39 is 40.8 Å². The summed E-state index contributed by atoms with van der Waals surface area (Å²) < 4.78 is 84.3. The lowest BCUT2D eigenvalue weighted by Crippen LogP contribution is -2.51. The Morgan fingerprint density at radius 1 is 0.500 bits per heavy atom. The maximum absolute atomic E-state index is 12.6. The Morgan fingerprint density at radius 2 is 0.839 bits per heavy atom. The molecule has 16 nitrogen and oxygen atoms in total. The average Bonchev–Trinajstić information content (AvgIpc) is 3.21. The molecule has 0 bridgehead atoms. The molecule has 0 saturated carbocycles. The number of carbonyl (C=O) groups is 2. The molecule has 6 rings (SSSR count). The lowest BCUT2D eigenvalue weighted by molar-refractivity contribution is 0.0190. The minimum Gasteiger partial charge on any atom is -0.444 e. The highest BCUT2D eigenvalue weighted by atomic mass is 35.7. The first-order valence-electron chi connectivity index (χ1n) is 20.3. The highest BCUT2D eigenvalue weighted by molar-refractivity contribution is 8.13. The molecule has 0 aliphatic carbocycles. The van der Waals surface area contributed by atoms with Crippen LogP contribution in [0.4, 0.5) is 9.59 Å². The number of aryl methyl sites for hydroxylation is 2. The number of carbonyl (C=O) groups excluding carboxylic acids is 2. The summed E-state index contributed by atoms with van der Waals surface area (Å²) in [6.07, 6.45) is -0.598. The number of hydrogen-bond donors (Lipinski definition) is 2. The second-order valence-corrected chi connectivity index (χ2v) is 23.1. The van der Waals surface area contributed by atoms with Gasteiger partial charge in [-0.15, -0.1) is 0 Å². The van der Waals surface area contributed by atoms with Crippen LogP contribution < -0.4 is 10.6 Å². The number of nitrogens with one attached hydrogen (secondary N) is 2. The number of halogens is 1. The fraction of sp³-hybridized carbons (Fsp3) is 0.524. The Morgan fingerprint density at radius 3 is 1.18 bits per heavy atom. The molecule has 0 radical (unpaired) electrons. The van der Waals surface area contributed by atoms with Crippen LogP contribution in [0, 0.1) is 13.8 Å². The van der Waals surface area contributed by atoms with Crippen molar-refractivity contribution in [3.05, 3.63) is 90.0 Å². The van der Waals surface area contributed by atoms with Gasteiger partial charge >= 0.3 is 12.2 Å². The Hall–Kier alpha value is -3.82. The predicted molar refractivity (Wildman–Crippen MR) is 241 cm³/mol.